The quantitative estimate of drug-likeness (QED) is 0.697. The van der Waals surface area contributed by atoms with Gasteiger partial charge in [-0.05, 0) is 56.4 Å². The Kier molecular flexibility index (Phi) is 2.37. The Hall–Kier alpha value is -0.0800. The second-order valence-corrected chi connectivity index (χ2v) is 5.20. The number of rotatable bonds is 3. The molecule has 0 aliphatic heterocycles. The summed E-state index contributed by atoms with van der Waals surface area (Å²) in [5, 5.41) is 9.48. The first-order chi connectivity index (χ1) is 6.16. The van der Waals surface area contributed by atoms with Gasteiger partial charge in [0.1, 0.15) is 0 Å². The molecule has 0 aromatic carbocycles. The standard InChI is InChI=1S/C11H21NO/c1-8(13)5-11(7-12)6-9-2-3-10(11)4-9/h8-10,13H,2-7,12H2,1H3. The van der Waals surface area contributed by atoms with Gasteiger partial charge in [-0.2, -0.15) is 0 Å². The van der Waals surface area contributed by atoms with Gasteiger partial charge < -0.3 is 10.8 Å². The Morgan fingerprint density at radius 2 is 2.31 bits per heavy atom. The number of nitrogens with two attached hydrogens (primary N) is 1. The van der Waals surface area contributed by atoms with Crippen molar-refractivity contribution in [1.29, 1.82) is 0 Å². The molecule has 2 aliphatic carbocycles. The van der Waals surface area contributed by atoms with Crippen LogP contribution in [0.1, 0.15) is 39.0 Å². The van der Waals surface area contributed by atoms with Gasteiger partial charge in [0.15, 0.2) is 0 Å². The fourth-order valence-corrected chi connectivity index (χ4v) is 3.73. The molecule has 0 saturated heterocycles. The largest absolute Gasteiger partial charge is 0.393 e. The molecule has 76 valence electrons. The van der Waals surface area contributed by atoms with Gasteiger partial charge in [-0.15, -0.1) is 0 Å². The van der Waals surface area contributed by atoms with E-state index in [1.54, 1.807) is 0 Å². The lowest BCUT2D eigenvalue weighted by molar-refractivity contribution is 0.0725. The molecule has 2 heteroatoms. The van der Waals surface area contributed by atoms with Gasteiger partial charge in [-0.3, -0.25) is 0 Å². The molecule has 2 saturated carbocycles. The molecule has 0 radical (unpaired) electrons. The fraction of sp³-hybridized carbons (Fsp3) is 1.00. The molecule has 2 aliphatic rings. The van der Waals surface area contributed by atoms with Crippen LogP contribution in [0, 0.1) is 17.3 Å². The lowest BCUT2D eigenvalue weighted by Gasteiger charge is -2.37. The summed E-state index contributed by atoms with van der Waals surface area (Å²) in [5.74, 6) is 1.74. The van der Waals surface area contributed by atoms with Crippen molar-refractivity contribution in [2.75, 3.05) is 6.54 Å². The maximum Gasteiger partial charge on any atom is 0.0518 e. The summed E-state index contributed by atoms with van der Waals surface area (Å²) in [5.41, 5.74) is 6.20. The third kappa shape index (κ3) is 1.50. The molecule has 4 atom stereocenters. The summed E-state index contributed by atoms with van der Waals surface area (Å²) in [7, 11) is 0. The molecular weight excluding hydrogens is 162 g/mol. The van der Waals surface area contributed by atoms with E-state index in [2.05, 4.69) is 0 Å². The molecule has 2 nitrogen and oxygen atoms in total. The van der Waals surface area contributed by atoms with Crippen LogP contribution in [0.3, 0.4) is 0 Å². The predicted octanol–water partition coefficient (Wildman–Crippen LogP) is 1.52. The number of hydrogen-bond donors (Lipinski definition) is 2. The summed E-state index contributed by atoms with van der Waals surface area (Å²) < 4.78 is 0. The zero-order chi connectivity index (χ0) is 9.47. The third-order valence-electron chi connectivity index (χ3n) is 4.21. The average Bonchev–Trinajstić information content (AvgIpc) is 2.62. The van der Waals surface area contributed by atoms with Crippen molar-refractivity contribution in [2.45, 2.75) is 45.1 Å². The van der Waals surface area contributed by atoms with Gasteiger partial charge in [0.2, 0.25) is 0 Å². The highest BCUT2D eigenvalue weighted by Gasteiger charge is 2.50. The van der Waals surface area contributed by atoms with Crippen LogP contribution in [-0.2, 0) is 0 Å². The van der Waals surface area contributed by atoms with Crippen LogP contribution in [0.5, 0.6) is 0 Å². The molecular formula is C11H21NO. The summed E-state index contributed by atoms with van der Waals surface area (Å²) in [6.45, 7) is 2.67. The van der Waals surface area contributed by atoms with Gasteiger partial charge >= 0.3 is 0 Å². The molecule has 0 heterocycles. The second-order valence-electron chi connectivity index (χ2n) is 5.20. The van der Waals surface area contributed by atoms with E-state index >= 15 is 0 Å². The van der Waals surface area contributed by atoms with Gasteiger partial charge in [0.05, 0.1) is 6.10 Å². The van der Waals surface area contributed by atoms with Gasteiger partial charge in [-0.1, -0.05) is 6.42 Å². The second kappa shape index (κ2) is 3.25. The zero-order valence-corrected chi connectivity index (χ0v) is 8.50. The number of hydrogen-bond acceptors (Lipinski definition) is 2. The van der Waals surface area contributed by atoms with E-state index in [0.717, 1.165) is 24.8 Å². The van der Waals surface area contributed by atoms with E-state index in [1.165, 1.54) is 25.7 Å². The van der Waals surface area contributed by atoms with Crippen molar-refractivity contribution in [1.82, 2.24) is 0 Å². The highest BCUT2D eigenvalue weighted by molar-refractivity contribution is 5.01. The van der Waals surface area contributed by atoms with Gasteiger partial charge in [0, 0.05) is 0 Å². The first-order valence-electron chi connectivity index (χ1n) is 5.54. The third-order valence-corrected chi connectivity index (χ3v) is 4.21. The van der Waals surface area contributed by atoms with Gasteiger partial charge in [0.25, 0.3) is 0 Å². The zero-order valence-electron chi connectivity index (χ0n) is 8.50. The Morgan fingerprint density at radius 1 is 1.54 bits per heavy atom. The van der Waals surface area contributed by atoms with Crippen molar-refractivity contribution in [3.8, 4) is 0 Å². The minimum absolute atomic E-state index is 0.178. The van der Waals surface area contributed by atoms with Gasteiger partial charge in [-0.25, -0.2) is 0 Å². The van der Waals surface area contributed by atoms with E-state index in [-0.39, 0.29) is 6.10 Å². The van der Waals surface area contributed by atoms with Crippen LogP contribution in [0.2, 0.25) is 0 Å². The summed E-state index contributed by atoms with van der Waals surface area (Å²) in [6.07, 6.45) is 6.16. The molecule has 3 N–H and O–H groups in total. The smallest absolute Gasteiger partial charge is 0.0518 e. The monoisotopic (exact) mass is 183 g/mol. The fourth-order valence-electron chi connectivity index (χ4n) is 3.73. The van der Waals surface area contributed by atoms with Crippen molar-refractivity contribution in [3.05, 3.63) is 0 Å². The van der Waals surface area contributed by atoms with Crippen molar-refractivity contribution in [2.24, 2.45) is 23.0 Å². The minimum Gasteiger partial charge on any atom is -0.393 e. The van der Waals surface area contributed by atoms with Crippen LogP contribution in [0.15, 0.2) is 0 Å². The van der Waals surface area contributed by atoms with Crippen LogP contribution >= 0.6 is 0 Å². The maximum atomic E-state index is 9.48. The lowest BCUT2D eigenvalue weighted by atomic mass is 9.70. The normalized spacial score (nSPS) is 45.5. The maximum absolute atomic E-state index is 9.48. The summed E-state index contributed by atoms with van der Waals surface area (Å²) in [6, 6.07) is 0. The molecule has 2 fully saturated rings. The van der Waals surface area contributed by atoms with Crippen LogP contribution in [-0.4, -0.2) is 17.8 Å². The summed E-state index contributed by atoms with van der Waals surface area (Å²) >= 11 is 0. The van der Waals surface area contributed by atoms with E-state index in [1.807, 2.05) is 6.92 Å². The first kappa shape index (κ1) is 9.47. The molecule has 13 heavy (non-hydrogen) atoms. The van der Waals surface area contributed by atoms with Crippen molar-refractivity contribution < 1.29 is 5.11 Å². The van der Waals surface area contributed by atoms with E-state index < -0.39 is 0 Å². The summed E-state index contributed by atoms with van der Waals surface area (Å²) in [4.78, 5) is 0. The molecule has 2 rings (SSSR count). The van der Waals surface area contributed by atoms with Crippen LogP contribution < -0.4 is 5.73 Å². The molecule has 0 aromatic heterocycles. The number of fused-ring (bicyclic) bond motifs is 2. The molecule has 4 unspecified atom stereocenters. The van der Waals surface area contributed by atoms with Crippen LogP contribution in [0.25, 0.3) is 0 Å². The average molecular weight is 183 g/mol. The molecule has 0 amide bonds. The highest BCUT2D eigenvalue weighted by Crippen LogP contribution is 2.57. The van der Waals surface area contributed by atoms with Crippen molar-refractivity contribution in [3.63, 3.8) is 0 Å². The van der Waals surface area contributed by atoms with E-state index in [0.29, 0.717) is 5.41 Å². The Bertz CT molecular complexity index is 193. The topological polar surface area (TPSA) is 46.2 Å². The first-order valence-corrected chi connectivity index (χ1v) is 5.54. The number of aliphatic hydroxyl groups is 1. The Morgan fingerprint density at radius 3 is 2.69 bits per heavy atom. The SMILES string of the molecule is CC(O)CC1(CN)CC2CCC1C2. The predicted molar refractivity (Wildman–Crippen MR) is 53.2 cm³/mol. The lowest BCUT2D eigenvalue weighted by Crippen LogP contribution is -2.38. The van der Waals surface area contributed by atoms with E-state index in [9.17, 15) is 5.11 Å². The number of aliphatic hydroxyl groups excluding tert-OH is 1. The molecule has 2 bridgehead atoms. The van der Waals surface area contributed by atoms with Crippen molar-refractivity contribution >= 4 is 0 Å². The Balaban J connectivity index is 2.08. The molecule has 0 aromatic rings. The highest BCUT2D eigenvalue weighted by atomic mass is 16.3. The minimum atomic E-state index is -0.178. The van der Waals surface area contributed by atoms with Crippen LogP contribution in [0.4, 0.5) is 0 Å². The Labute approximate surface area is 80.5 Å². The van der Waals surface area contributed by atoms with E-state index in [4.69, 9.17) is 5.73 Å². The molecule has 0 spiro atoms.